The first-order valence-corrected chi connectivity index (χ1v) is 0. The molecule has 0 aliphatic heterocycles. The van der Waals surface area contributed by atoms with E-state index in [4.69, 9.17) is 0 Å². The molecule has 0 amide bonds. The van der Waals surface area contributed by atoms with Crippen LogP contribution in [0.2, 0.25) is 0 Å². The molecule has 0 rings (SSSR count). The van der Waals surface area contributed by atoms with Crippen LogP contribution in [0.5, 0.6) is 0 Å². The van der Waals surface area contributed by atoms with E-state index in [-0.39, 0.29) is 60.7 Å². The largest absolute Gasteiger partial charge is 0 e. The van der Waals surface area contributed by atoms with Crippen molar-refractivity contribution in [1.29, 1.82) is 0 Å². The van der Waals surface area contributed by atoms with E-state index in [1.807, 2.05) is 0 Å². The third kappa shape index (κ3) is 9.53. The normalized spacial score (nSPS) is 0. The van der Waals surface area contributed by atoms with Crippen molar-refractivity contribution in [3.05, 3.63) is 0 Å². The predicted molar refractivity (Wildman–Crippen MR) is 22.9 cm³/mol. The van der Waals surface area contributed by atoms with Crippen LogP contribution in [-0.2, 0) is 0 Å². The van der Waals surface area contributed by atoms with E-state index in [9.17, 15) is 0 Å². The molecular weight excluding hydrogens is 266 g/mol. The number of hydrogen-bond acceptors (Lipinski definition) is 0. The molecule has 0 aromatic carbocycles. The summed E-state index contributed by atoms with van der Waals surface area (Å²) in [4.78, 5) is 0. The summed E-state index contributed by atoms with van der Waals surface area (Å²) < 4.78 is 0. The molecule has 0 aliphatic carbocycles. The first kappa shape index (κ1) is 46.6. The zero-order valence-corrected chi connectivity index (χ0v) is 4.35. The quantitative estimate of drug-likeness (QED) is 0.417. The van der Waals surface area contributed by atoms with E-state index in [0.717, 1.165) is 0 Å². The van der Waals surface area contributed by atoms with Gasteiger partial charge in [0.2, 0.25) is 0 Å². The van der Waals surface area contributed by atoms with E-state index in [2.05, 4.69) is 0 Å². The van der Waals surface area contributed by atoms with Gasteiger partial charge in [-0.2, -0.15) is 0 Å². The Morgan fingerprint density at radius 2 is 0.750 bits per heavy atom. The molecule has 0 saturated heterocycles. The molecule has 0 aromatic rings. The SMILES string of the molecule is O.O.[InH3].[Sn]. The molecule has 4 radical (unpaired) electrons. The van der Waals surface area contributed by atoms with E-state index >= 15 is 0 Å². The van der Waals surface area contributed by atoms with Crippen molar-refractivity contribution < 1.29 is 11.0 Å². The van der Waals surface area contributed by atoms with E-state index in [0.29, 0.717) is 0 Å². The van der Waals surface area contributed by atoms with Gasteiger partial charge < -0.3 is 11.0 Å². The smallest absolute Gasteiger partial charge is 0 e. The Morgan fingerprint density at radius 1 is 0.750 bits per heavy atom. The molecule has 0 unspecified atom stereocenters. The second-order valence-electron chi connectivity index (χ2n) is 0. The Labute approximate surface area is 60.3 Å². The summed E-state index contributed by atoms with van der Waals surface area (Å²) >= 11 is 0. The van der Waals surface area contributed by atoms with Crippen LogP contribution < -0.4 is 0 Å². The van der Waals surface area contributed by atoms with Crippen LogP contribution in [0, 0.1) is 0 Å². The molecule has 0 spiro atoms. The fraction of sp³-hybridized carbons (Fsp3) is 0. The van der Waals surface area contributed by atoms with Gasteiger partial charge in [-0.05, 0) is 0 Å². The van der Waals surface area contributed by atoms with E-state index in [1.165, 1.54) is 0 Å². The fourth-order valence-electron chi connectivity index (χ4n) is 0. The van der Waals surface area contributed by atoms with Crippen LogP contribution >= 0.6 is 0 Å². The molecule has 0 fully saturated rings. The topological polar surface area (TPSA) is 63.0 Å². The summed E-state index contributed by atoms with van der Waals surface area (Å²) in [5.41, 5.74) is 0. The van der Waals surface area contributed by atoms with Crippen LogP contribution in [0.3, 0.4) is 0 Å². The minimum absolute atomic E-state index is 0. The first-order chi connectivity index (χ1) is 0. The summed E-state index contributed by atoms with van der Waals surface area (Å²) in [5.74, 6) is 0. The van der Waals surface area contributed by atoms with Gasteiger partial charge >= 0.3 is 25.8 Å². The summed E-state index contributed by atoms with van der Waals surface area (Å²) in [6.07, 6.45) is 0. The molecule has 4 N–H and O–H groups in total. The Kier molecular flexibility index (Phi) is 273. The average Bonchev–Trinajstić information content (AvgIpc) is 0. The molecular formula is H7InO2Sn. The van der Waals surface area contributed by atoms with Gasteiger partial charge in [0.25, 0.3) is 0 Å². The molecule has 26 valence electrons. The Balaban J connectivity index is 0. The van der Waals surface area contributed by atoms with Crippen molar-refractivity contribution in [3.8, 4) is 0 Å². The van der Waals surface area contributed by atoms with Crippen LogP contribution in [0.25, 0.3) is 0 Å². The van der Waals surface area contributed by atoms with Gasteiger partial charge in [-0.25, -0.2) is 0 Å². The Bertz CT molecular complexity index is 6.00. The van der Waals surface area contributed by atoms with Gasteiger partial charge in [0.05, 0.1) is 0 Å². The van der Waals surface area contributed by atoms with E-state index < -0.39 is 0 Å². The molecule has 2 nitrogen and oxygen atoms in total. The molecule has 0 saturated carbocycles. The average molecular weight is 273 g/mol. The van der Waals surface area contributed by atoms with Crippen LogP contribution in [0.4, 0.5) is 0 Å². The third-order valence-corrected chi connectivity index (χ3v) is 0. The summed E-state index contributed by atoms with van der Waals surface area (Å²) in [5, 5.41) is 0. The van der Waals surface area contributed by atoms with Crippen LogP contribution in [0.1, 0.15) is 0 Å². The second kappa shape index (κ2) is 23.4. The van der Waals surface area contributed by atoms with Gasteiger partial charge in [-0.3, -0.25) is 0 Å². The Morgan fingerprint density at radius 3 is 0.750 bits per heavy atom. The maximum atomic E-state index is 0. The van der Waals surface area contributed by atoms with Crippen LogP contribution in [0.15, 0.2) is 0 Å². The van der Waals surface area contributed by atoms with Gasteiger partial charge in [0.1, 0.15) is 0 Å². The van der Waals surface area contributed by atoms with Crippen molar-refractivity contribution in [2.75, 3.05) is 0 Å². The van der Waals surface area contributed by atoms with Crippen molar-refractivity contribution in [3.63, 3.8) is 0 Å². The molecule has 0 aliphatic rings. The van der Waals surface area contributed by atoms with E-state index in [1.54, 1.807) is 0 Å². The van der Waals surface area contributed by atoms with Gasteiger partial charge in [-0.15, -0.1) is 0 Å². The standard InChI is InChI=1S/In.2H2O.Sn.3H/h;2*1H2;;;;. The van der Waals surface area contributed by atoms with Crippen LogP contribution in [-0.4, -0.2) is 60.7 Å². The van der Waals surface area contributed by atoms with Gasteiger partial charge in [0.15, 0.2) is 0 Å². The summed E-state index contributed by atoms with van der Waals surface area (Å²) in [6, 6.07) is 0. The zero-order chi connectivity index (χ0) is 0. The minimum Gasteiger partial charge on any atom is 0 e. The molecule has 4 heteroatoms. The number of hydrogen-bond donors (Lipinski definition) is 0. The minimum atomic E-state index is 0. The molecule has 4 heavy (non-hydrogen) atoms. The maximum Gasteiger partial charge on any atom is 0 e. The number of rotatable bonds is 0. The summed E-state index contributed by atoms with van der Waals surface area (Å²) in [7, 11) is 0. The van der Waals surface area contributed by atoms with Crippen molar-refractivity contribution in [2.45, 2.75) is 0 Å². The zero-order valence-electron chi connectivity index (χ0n) is 1.50. The first-order valence-electron chi connectivity index (χ1n) is 0. The van der Waals surface area contributed by atoms with Crippen molar-refractivity contribution >= 4 is 49.8 Å². The third-order valence-electron chi connectivity index (χ3n) is 0. The van der Waals surface area contributed by atoms with Gasteiger partial charge in [0, 0.05) is 23.9 Å². The molecule has 0 bridgehead atoms. The fourth-order valence-corrected chi connectivity index (χ4v) is 0. The maximum absolute atomic E-state index is 0. The molecule has 0 aromatic heterocycles. The second-order valence-corrected chi connectivity index (χ2v) is 0. The predicted octanol–water partition coefficient (Wildman–Crippen LogP) is -3.21. The monoisotopic (exact) mass is 274 g/mol. The molecule has 0 atom stereocenters. The van der Waals surface area contributed by atoms with Gasteiger partial charge in [-0.1, -0.05) is 0 Å². The van der Waals surface area contributed by atoms with Crippen molar-refractivity contribution in [1.82, 2.24) is 0 Å². The molecule has 0 heterocycles. The van der Waals surface area contributed by atoms with Crippen molar-refractivity contribution in [2.24, 2.45) is 0 Å². The summed E-state index contributed by atoms with van der Waals surface area (Å²) in [6.45, 7) is 0. The Hall–Kier alpha value is 1.59.